The molecule has 1 heterocycles. The Labute approximate surface area is 145 Å². The predicted octanol–water partition coefficient (Wildman–Crippen LogP) is 2.10. The summed E-state index contributed by atoms with van der Waals surface area (Å²) in [6.45, 7) is 1.94. The fraction of sp³-hybridized carbons (Fsp3) is 0.462. The molecule has 1 atom stereocenters. The summed E-state index contributed by atoms with van der Waals surface area (Å²) in [7, 11) is 0. The Balaban J connectivity index is 0.00000441. The molecule has 0 aliphatic carbocycles. The molecule has 0 unspecified atom stereocenters. The number of nitrogens with one attached hydrogen (secondary N) is 1. The quantitative estimate of drug-likeness (QED) is 0.435. The maximum Gasteiger partial charge on any atom is 0.323 e. The van der Waals surface area contributed by atoms with Gasteiger partial charge in [-0.1, -0.05) is 23.2 Å². The number of carbonyl (C=O) groups excluding carboxylic acids is 2. The number of carbonyl (C=O) groups is 2. The Morgan fingerprint density at radius 2 is 1.95 bits per heavy atom. The summed E-state index contributed by atoms with van der Waals surface area (Å²) >= 11 is 11.5. The van der Waals surface area contributed by atoms with E-state index in [0.717, 1.165) is 0 Å². The van der Waals surface area contributed by atoms with Crippen molar-refractivity contribution in [3.63, 3.8) is 0 Å². The summed E-state index contributed by atoms with van der Waals surface area (Å²) < 4.78 is 5.08. The lowest BCUT2D eigenvalue weighted by Gasteiger charge is -2.12. The SMILES string of the molecule is CC(=O)NCCC[C@H](N)C(=O)OCc1cc(Cl)nc(Cl)c1.Cl. The summed E-state index contributed by atoms with van der Waals surface area (Å²) in [5, 5.41) is 3.09. The Kier molecular flexibility index (Phi) is 10.1. The van der Waals surface area contributed by atoms with Gasteiger partial charge in [-0.3, -0.25) is 9.59 Å². The number of ether oxygens (including phenoxy) is 1. The average Bonchev–Trinajstić information content (AvgIpc) is 2.39. The summed E-state index contributed by atoms with van der Waals surface area (Å²) in [6.07, 6.45) is 1.03. The van der Waals surface area contributed by atoms with Gasteiger partial charge in [0, 0.05) is 13.5 Å². The van der Waals surface area contributed by atoms with Gasteiger partial charge < -0.3 is 15.8 Å². The van der Waals surface area contributed by atoms with E-state index in [1.165, 1.54) is 6.92 Å². The van der Waals surface area contributed by atoms with Gasteiger partial charge in [-0.25, -0.2) is 4.98 Å². The van der Waals surface area contributed by atoms with Crippen LogP contribution in [0, 0.1) is 0 Å². The maximum absolute atomic E-state index is 11.7. The largest absolute Gasteiger partial charge is 0.460 e. The highest BCUT2D eigenvalue weighted by atomic mass is 35.5. The summed E-state index contributed by atoms with van der Waals surface area (Å²) in [5.41, 5.74) is 6.34. The van der Waals surface area contributed by atoms with Crippen LogP contribution in [-0.4, -0.2) is 29.4 Å². The first-order valence-corrected chi connectivity index (χ1v) is 7.12. The number of halogens is 3. The van der Waals surface area contributed by atoms with Crippen LogP contribution in [0.15, 0.2) is 12.1 Å². The van der Waals surface area contributed by atoms with E-state index in [-0.39, 0.29) is 35.2 Å². The maximum atomic E-state index is 11.7. The first-order valence-electron chi connectivity index (χ1n) is 6.37. The van der Waals surface area contributed by atoms with Crippen molar-refractivity contribution in [3.05, 3.63) is 28.0 Å². The number of nitrogens with two attached hydrogens (primary N) is 1. The summed E-state index contributed by atoms with van der Waals surface area (Å²) in [6, 6.07) is 2.39. The third kappa shape index (κ3) is 8.38. The molecule has 0 saturated carbocycles. The molecular weight excluding hydrogens is 353 g/mol. The molecule has 0 saturated heterocycles. The Hall–Kier alpha value is -1.08. The zero-order chi connectivity index (χ0) is 15.8. The van der Waals surface area contributed by atoms with E-state index in [1.54, 1.807) is 12.1 Å². The zero-order valence-corrected chi connectivity index (χ0v) is 14.3. The van der Waals surface area contributed by atoms with Crippen LogP contribution >= 0.6 is 35.6 Å². The number of amides is 1. The minimum Gasteiger partial charge on any atom is -0.460 e. The molecule has 1 aromatic rings. The highest BCUT2D eigenvalue weighted by Gasteiger charge is 2.15. The van der Waals surface area contributed by atoms with E-state index in [1.807, 2.05) is 0 Å². The van der Waals surface area contributed by atoms with Crippen molar-refractivity contribution in [3.8, 4) is 0 Å². The van der Waals surface area contributed by atoms with Gasteiger partial charge in [0.2, 0.25) is 5.91 Å². The molecule has 9 heteroatoms. The molecule has 0 aliphatic rings. The smallest absolute Gasteiger partial charge is 0.323 e. The number of hydrogen-bond donors (Lipinski definition) is 2. The molecule has 6 nitrogen and oxygen atoms in total. The van der Waals surface area contributed by atoms with Crippen LogP contribution in [0.1, 0.15) is 25.3 Å². The molecule has 0 aromatic carbocycles. The second-order valence-electron chi connectivity index (χ2n) is 4.46. The first kappa shape index (κ1) is 20.9. The number of rotatable bonds is 7. The van der Waals surface area contributed by atoms with Crippen LogP contribution in [0.5, 0.6) is 0 Å². The molecule has 0 aliphatic heterocycles. The molecule has 1 rings (SSSR count). The van der Waals surface area contributed by atoms with Gasteiger partial charge in [0.15, 0.2) is 0 Å². The van der Waals surface area contributed by atoms with E-state index < -0.39 is 12.0 Å². The van der Waals surface area contributed by atoms with Crippen molar-refractivity contribution in [1.82, 2.24) is 10.3 Å². The molecule has 3 N–H and O–H groups in total. The topological polar surface area (TPSA) is 94.3 Å². The third-order valence-electron chi connectivity index (χ3n) is 2.57. The van der Waals surface area contributed by atoms with E-state index >= 15 is 0 Å². The van der Waals surface area contributed by atoms with Crippen molar-refractivity contribution >= 4 is 47.5 Å². The molecule has 1 amide bonds. The summed E-state index contributed by atoms with van der Waals surface area (Å²) in [4.78, 5) is 26.2. The second-order valence-corrected chi connectivity index (χ2v) is 5.23. The van der Waals surface area contributed by atoms with Gasteiger partial charge in [0.1, 0.15) is 23.0 Å². The standard InChI is InChI=1S/C13H17Cl2N3O3.ClH/c1-8(19)17-4-2-3-10(16)13(20)21-7-9-5-11(14)18-12(15)6-9;/h5-6,10H,2-4,7,16H2,1H3,(H,17,19);1H/t10-;/m0./s1. The van der Waals surface area contributed by atoms with Crippen molar-refractivity contribution in [2.75, 3.05) is 6.54 Å². The lowest BCUT2D eigenvalue weighted by molar-refractivity contribution is -0.146. The van der Waals surface area contributed by atoms with Crippen LogP contribution < -0.4 is 11.1 Å². The van der Waals surface area contributed by atoms with E-state index in [2.05, 4.69) is 10.3 Å². The van der Waals surface area contributed by atoms with Gasteiger partial charge in [-0.05, 0) is 30.5 Å². The van der Waals surface area contributed by atoms with Crippen LogP contribution in [-0.2, 0) is 20.9 Å². The predicted molar refractivity (Wildman–Crippen MR) is 87.2 cm³/mol. The Morgan fingerprint density at radius 1 is 1.36 bits per heavy atom. The fourth-order valence-electron chi connectivity index (χ4n) is 1.56. The molecular formula is C13H18Cl3N3O3. The minimum absolute atomic E-state index is 0. The van der Waals surface area contributed by atoms with Crippen molar-refractivity contribution < 1.29 is 14.3 Å². The van der Waals surface area contributed by atoms with Crippen molar-refractivity contribution in [2.24, 2.45) is 5.73 Å². The molecule has 0 bridgehead atoms. The highest BCUT2D eigenvalue weighted by molar-refractivity contribution is 6.32. The Morgan fingerprint density at radius 3 is 2.50 bits per heavy atom. The average molecular weight is 371 g/mol. The molecule has 22 heavy (non-hydrogen) atoms. The number of pyridine rings is 1. The minimum atomic E-state index is -0.730. The third-order valence-corrected chi connectivity index (χ3v) is 2.96. The monoisotopic (exact) mass is 369 g/mol. The number of aromatic nitrogens is 1. The van der Waals surface area contributed by atoms with E-state index in [0.29, 0.717) is 24.9 Å². The van der Waals surface area contributed by atoms with E-state index in [4.69, 9.17) is 33.7 Å². The van der Waals surface area contributed by atoms with Crippen LogP contribution in [0.4, 0.5) is 0 Å². The zero-order valence-electron chi connectivity index (χ0n) is 12.0. The molecule has 124 valence electrons. The van der Waals surface area contributed by atoms with Gasteiger partial charge in [-0.2, -0.15) is 0 Å². The first-order chi connectivity index (χ1) is 9.88. The van der Waals surface area contributed by atoms with Gasteiger partial charge >= 0.3 is 5.97 Å². The second kappa shape index (κ2) is 10.6. The van der Waals surface area contributed by atoms with Crippen molar-refractivity contribution in [1.29, 1.82) is 0 Å². The van der Waals surface area contributed by atoms with E-state index in [9.17, 15) is 9.59 Å². The molecule has 0 radical (unpaired) electrons. The van der Waals surface area contributed by atoms with Gasteiger partial charge in [0.05, 0.1) is 0 Å². The lowest BCUT2D eigenvalue weighted by atomic mass is 10.1. The van der Waals surface area contributed by atoms with Crippen LogP contribution in [0.25, 0.3) is 0 Å². The highest BCUT2D eigenvalue weighted by Crippen LogP contribution is 2.15. The van der Waals surface area contributed by atoms with Gasteiger partial charge in [-0.15, -0.1) is 12.4 Å². The summed E-state index contributed by atoms with van der Waals surface area (Å²) in [5.74, 6) is -0.625. The van der Waals surface area contributed by atoms with Gasteiger partial charge in [0.25, 0.3) is 0 Å². The number of esters is 1. The Bertz CT molecular complexity index is 494. The normalized spacial score (nSPS) is 11.3. The number of nitrogens with zero attached hydrogens (tertiary/aromatic N) is 1. The van der Waals surface area contributed by atoms with Crippen molar-refractivity contribution in [2.45, 2.75) is 32.4 Å². The molecule has 0 spiro atoms. The fourth-order valence-corrected chi connectivity index (χ4v) is 2.07. The molecule has 0 fully saturated rings. The van der Waals surface area contributed by atoms with Crippen LogP contribution in [0.2, 0.25) is 10.3 Å². The van der Waals surface area contributed by atoms with Crippen LogP contribution in [0.3, 0.4) is 0 Å². The molecule has 1 aromatic heterocycles. The number of hydrogen-bond acceptors (Lipinski definition) is 5. The lowest BCUT2D eigenvalue weighted by Crippen LogP contribution is -2.33.